The number of nitrogens with one attached hydrogen (secondary N) is 1. The molecule has 2 aliphatic heterocycles. The maximum atomic E-state index is 12.2. The maximum absolute atomic E-state index is 12.2. The summed E-state index contributed by atoms with van der Waals surface area (Å²) in [6.07, 6.45) is 2.39. The smallest absolute Gasteiger partial charge is 0.227 e. The van der Waals surface area contributed by atoms with E-state index in [0.717, 1.165) is 25.1 Å². The van der Waals surface area contributed by atoms with Crippen LogP contribution in [0, 0.1) is 5.92 Å². The summed E-state index contributed by atoms with van der Waals surface area (Å²) in [5, 5.41) is 3.48. The van der Waals surface area contributed by atoms with Crippen LogP contribution in [0.3, 0.4) is 0 Å². The first kappa shape index (κ1) is 15.3. The number of hydrogen-bond donors (Lipinski definition) is 1. The van der Waals surface area contributed by atoms with Crippen LogP contribution < -0.4 is 10.2 Å². The van der Waals surface area contributed by atoms with Gasteiger partial charge in [-0.2, -0.15) is 0 Å². The fourth-order valence-electron chi connectivity index (χ4n) is 2.94. The normalized spacial score (nSPS) is 24.8. The van der Waals surface area contributed by atoms with Gasteiger partial charge in [0, 0.05) is 36.8 Å². The Kier molecular flexibility index (Phi) is 4.64. The van der Waals surface area contributed by atoms with Crippen molar-refractivity contribution >= 4 is 29.1 Å². The molecule has 6 heteroatoms. The molecule has 0 unspecified atom stereocenters. The van der Waals surface area contributed by atoms with Crippen molar-refractivity contribution in [3.63, 3.8) is 0 Å². The van der Waals surface area contributed by atoms with Gasteiger partial charge in [0.1, 0.15) is 0 Å². The Morgan fingerprint density at radius 3 is 3.05 bits per heavy atom. The molecular weight excluding hydrogens is 304 g/mol. The van der Waals surface area contributed by atoms with Crippen molar-refractivity contribution in [2.45, 2.75) is 25.4 Å². The lowest BCUT2D eigenvalue weighted by molar-refractivity contribution is -0.126. The van der Waals surface area contributed by atoms with Crippen molar-refractivity contribution in [1.82, 2.24) is 5.32 Å². The third-order valence-electron chi connectivity index (χ3n) is 4.14. The monoisotopic (exact) mass is 322 g/mol. The Labute approximate surface area is 134 Å². The van der Waals surface area contributed by atoms with E-state index in [1.54, 1.807) is 23.1 Å². The molecule has 1 aromatic rings. The van der Waals surface area contributed by atoms with E-state index in [-0.39, 0.29) is 30.3 Å². The van der Waals surface area contributed by atoms with Gasteiger partial charge in [-0.1, -0.05) is 17.7 Å². The van der Waals surface area contributed by atoms with Crippen LogP contribution in [0.25, 0.3) is 0 Å². The first-order chi connectivity index (χ1) is 10.6. The number of rotatable bonds is 4. The molecule has 0 spiro atoms. The minimum absolute atomic E-state index is 0.0421. The lowest BCUT2D eigenvalue weighted by Crippen LogP contribution is -2.37. The Hall–Kier alpha value is -1.59. The van der Waals surface area contributed by atoms with Crippen molar-refractivity contribution in [2.75, 3.05) is 24.6 Å². The molecule has 0 aliphatic carbocycles. The summed E-state index contributed by atoms with van der Waals surface area (Å²) >= 11 is 5.96. The standard InChI is InChI=1S/C16H19ClN2O3/c17-12-3-1-4-13(8-12)19-10-11(7-15(19)20)16(21)18-9-14-5-2-6-22-14/h1,3-4,8,11,14H,2,5-7,9-10H2,(H,18,21)/t11-,14-/m0/s1. The van der Waals surface area contributed by atoms with Gasteiger partial charge in [-0.15, -0.1) is 0 Å². The van der Waals surface area contributed by atoms with E-state index in [0.29, 0.717) is 18.1 Å². The van der Waals surface area contributed by atoms with Crippen molar-refractivity contribution in [3.05, 3.63) is 29.3 Å². The highest BCUT2D eigenvalue weighted by atomic mass is 35.5. The molecular formula is C16H19ClN2O3. The van der Waals surface area contributed by atoms with Crippen LogP contribution in [-0.4, -0.2) is 37.6 Å². The molecule has 1 N–H and O–H groups in total. The molecule has 0 bridgehead atoms. The summed E-state index contributed by atoms with van der Waals surface area (Å²) < 4.78 is 5.48. The van der Waals surface area contributed by atoms with Gasteiger partial charge >= 0.3 is 0 Å². The van der Waals surface area contributed by atoms with Gasteiger partial charge in [0.25, 0.3) is 0 Å². The maximum Gasteiger partial charge on any atom is 0.227 e. The van der Waals surface area contributed by atoms with Gasteiger partial charge in [-0.05, 0) is 31.0 Å². The average Bonchev–Trinajstić information content (AvgIpc) is 3.14. The zero-order valence-electron chi connectivity index (χ0n) is 12.3. The topological polar surface area (TPSA) is 58.6 Å². The number of carbonyl (C=O) groups excluding carboxylic acids is 2. The van der Waals surface area contributed by atoms with Gasteiger partial charge in [-0.25, -0.2) is 0 Å². The highest BCUT2D eigenvalue weighted by Gasteiger charge is 2.35. The zero-order chi connectivity index (χ0) is 15.5. The molecule has 2 aliphatic rings. The van der Waals surface area contributed by atoms with Crippen molar-refractivity contribution in [3.8, 4) is 0 Å². The van der Waals surface area contributed by atoms with Crippen LogP contribution in [0.1, 0.15) is 19.3 Å². The summed E-state index contributed by atoms with van der Waals surface area (Å²) in [6.45, 7) is 1.70. The van der Waals surface area contributed by atoms with Gasteiger partial charge < -0.3 is 15.0 Å². The molecule has 2 atom stereocenters. The Morgan fingerprint density at radius 2 is 2.32 bits per heavy atom. The predicted molar refractivity (Wildman–Crippen MR) is 83.9 cm³/mol. The molecule has 3 rings (SSSR count). The van der Waals surface area contributed by atoms with Crippen LogP contribution in [0.2, 0.25) is 5.02 Å². The minimum Gasteiger partial charge on any atom is -0.376 e. The van der Waals surface area contributed by atoms with Crippen molar-refractivity contribution in [1.29, 1.82) is 0 Å². The van der Waals surface area contributed by atoms with E-state index in [2.05, 4.69) is 5.32 Å². The molecule has 1 aromatic carbocycles. The predicted octanol–water partition coefficient (Wildman–Crippen LogP) is 1.99. The first-order valence-corrected chi connectivity index (χ1v) is 7.96. The number of halogens is 1. The summed E-state index contributed by atoms with van der Waals surface area (Å²) in [6, 6.07) is 7.13. The van der Waals surface area contributed by atoms with Crippen molar-refractivity contribution < 1.29 is 14.3 Å². The summed E-state index contributed by atoms with van der Waals surface area (Å²) in [5.41, 5.74) is 0.743. The van der Waals surface area contributed by atoms with Crippen LogP contribution in [-0.2, 0) is 14.3 Å². The zero-order valence-corrected chi connectivity index (χ0v) is 13.0. The van der Waals surface area contributed by atoms with Gasteiger partial charge in [0.2, 0.25) is 11.8 Å². The number of ether oxygens (including phenoxy) is 1. The van der Waals surface area contributed by atoms with Gasteiger partial charge in [-0.3, -0.25) is 9.59 Å². The second-order valence-corrected chi connectivity index (χ2v) is 6.20. The highest BCUT2D eigenvalue weighted by Crippen LogP contribution is 2.27. The number of amides is 2. The SMILES string of the molecule is O=C(NC[C@@H]1CCCO1)[C@H]1CC(=O)N(c2cccc(Cl)c2)C1. The van der Waals surface area contributed by atoms with E-state index >= 15 is 0 Å². The van der Waals surface area contributed by atoms with Crippen LogP contribution in [0.5, 0.6) is 0 Å². The Morgan fingerprint density at radius 1 is 1.45 bits per heavy atom. The third kappa shape index (κ3) is 3.42. The molecule has 2 saturated heterocycles. The van der Waals surface area contributed by atoms with Crippen LogP contribution in [0.4, 0.5) is 5.69 Å². The number of benzene rings is 1. The molecule has 0 aromatic heterocycles. The fourth-order valence-corrected chi connectivity index (χ4v) is 3.13. The van der Waals surface area contributed by atoms with Gasteiger partial charge in [0.05, 0.1) is 12.0 Å². The van der Waals surface area contributed by atoms with Crippen LogP contribution in [0.15, 0.2) is 24.3 Å². The number of carbonyl (C=O) groups is 2. The van der Waals surface area contributed by atoms with E-state index in [1.165, 1.54) is 0 Å². The van der Waals surface area contributed by atoms with E-state index in [4.69, 9.17) is 16.3 Å². The Bertz CT molecular complexity index is 572. The third-order valence-corrected chi connectivity index (χ3v) is 4.38. The molecule has 118 valence electrons. The molecule has 2 fully saturated rings. The van der Waals surface area contributed by atoms with Gasteiger partial charge in [0.15, 0.2) is 0 Å². The first-order valence-electron chi connectivity index (χ1n) is 7.59. The quantitative estimate of drug-likeness (QED) is 0.922. The van der Waals surface area contributed by atoms with Crippen molar-refractivity contribution in [2.24, 2.45) is 5.92 Å². The second kappa shape index (κ2) is 6.67. The summed E-state index contributed by atoms with van der Waals surface area (Å²) in [4.78, 5) is 26.0. The Balaban J connectivity index is 1.57. The fraction of sp³-hybridized carbons (Fsp3) is 0.500. The molecule has 5 nitrogen and oxygen atoms in total. The average molecular weight is 323 g/mol. The second-order valence-electron chi connectivity index (χ2n) is 5.77. The lowest BCUT2D eigenvalue weighted by atomic mass is 10.1. The molecule has 0 radical (unpaired) electrons. The molecule has 0 saturated carbocycles. The number of hydrogen-bond acceptors (Lipinski definition) is 3. The van der Waals surface area contributed by atoms with E-state index < -0.39 is 0 Å². The molecule has 22 heavy (non-hydrogen) atoms. The van der Waals surface area contributed by atoms with E-state index in [1.807, 2.05) is 6.07 Å². The van der Waals surface area contributed by atoms with Crippen LogP contribution >= 0.6 is 11.6 Å². The number of anilines is 1. The largest absolute Gasteiger partial charge is 0.376 e. The summed E-state index contributed by atoms with van der Waals surface area (Å²) in [5.74, 6) is -0.430. The number of nitrogens with zero attached hydrogens (tertiary/aromatic N) is 1. The van der Waals surface area contributed by atoms with E-state index in [9.17, 15) is 9.59 Å². The highest BCUT2D eigenvalue weighted by molar-refractivity contribution is 6.30. The lowest BCUT2D eigenvalue weighted by Gasteiger charge is -2.17. The molecule has 2 heterocycles. The minimum atomic E-state index is -0.312. The summed E-state index contributed by atoms with van der Waals surface area (Å²) in [7, 11) is 0. The molecule has 2 amide bonds.